The van der Waals surface area contributed by atoms with Crippen LogP contribution in [0.1, 0.15) is 31.1 Å². The van der Waals surface area contributed by atoms with Gasteiger partial charge in [0.15, 0.2) is 6.10 Å². The van der Waals surface area contributed by atoms with Crippen molar-refractivity contribution >= 4 is 17.8 Å². The summed E-state index contributed by atoms with van der Waals surface area (Å²) in [5.74, 6) is 0.512. The minimum Gasteiger partial charge on any atom is -0.457 e. The Hall–Kier alpha value is -4.43. The number of nitrogens with one attached hydrogen (secondary N) is 1. The van der Waals surface area contributed by atoms with Crippen molar-refractivity contribution in [2.75, 3.05) is 13.2 Å². The summed E-state index contributed by atoms with van der Waals surface area (Å²) in [5, 5.41) is 12.1. The molecule has 0 saturated carbocycles. The van der Waals surface area contributed by atoms with Gasteiger partial charge in [-0.25, -0.2) is 4.79 Å². The van der Waals surface area contributed by atoms with Gasteiger partial charge in [-0.15, -0.1) is 0 Å². The van der Waals surface area contributed by atoms with E-state index in [4.69, 9.17) is 9.47 Å². The van der Waals surface area contributed by atoms with Crippen LogP contribution in [0, 0.1) is 0 Å². The number of ether oxygens (including phenoxy) is 2. The normalized spacial score (nSPS) is 15.7. The molecule has 8 nitrogen and oxygen atoms in total. The lowest BCUT2D eigenvalue weighted by Crippen LogP contribution is -2.63. The zero-order chi connectivity index (χ0) is 26.4. The maximum Gasteiger partial charge on any atom is 0.356 e. The van der Waals surface area contributed by atoms with E-state index in [1.165, 1.54) is 11.8 Å². The Kier molecular flexibility index (Phi) is 8.00. The molecule has 3 heterocycles. The summed E-state index contributed by atoms with van der Waals surface area (Å²) in [6.45, 7) is 2.63. The van der Waals surface area contributed by atoms with Crippen LogP contribution in [0.25, 0.3) is 0 Å². The van der Waals surface area contributed by atoms with Gasteiger partial charge in [-0.2, -0.15) is 0 Å². The number of benzene rings is 3. The van der Waals surface area contributed by atoms with Crippen molar-refractivity contribution in [2.24, 2.45) is 0 Å². The van der Waals surface area contributed by atoms with Crippen LogP contribution in [0.4, 0.5) is 0 Å². The molecule has 6 rings (SSSR count). The lowest BCUT2D eigenvalue weighted by molar-refractivity contribution is -0.153. The predicted molar refractivity (Wildman–Crippen MR) is 136 cm³/mol. The highest BCUT2D eigenvalue weighted by molar-refractivity contribution is 6.00. The van der Waals surface area contributed by atoms with Gasteiger partial charge < -0.3 is 24.8 Å². The molecule has 3 aromatic rings. The molecule has 1 fully saturated rings. The highest BCUT2D eigenvalue weighted by Crippen LogP contribution is 2.33. The van der Waals surface area contributed by atoms with Crippen molar-refractivity contribution in [1.29, 1.82) is 0 Å². The lowest BCUT2D eigenvalue weighted by atomic mass is 10.0. The van der Waals surface area contributed by atoms with Crippen molar-refractivity contribution in [3.63, 3.8) is 0 Å². The quantitative estimate of drug-likeness (QED) is 0.228. The Morgan fingerprint density at radius 1 is 0.973 bits per heavy atom. The standard InChI is InChI=1S/C23H24N2O5.C6H4O/c1-15(14-26)20(25-13-19(22(25)28)24-16(2)27)23(29)30-21(17-9-5-3-6-10-17)18-11-7-4-8-12-18;1-2-5-4-6(3-1)7-5/h3-12,19,21,26H,13-14H2,1-2H3,(H,24,27);1-4H. The second kappa shape index (κ2) is 11.5. The smallest absolute Gasteiger partial charge is 0.356 e. The Morgan fingerprint density at radius 3 is 1.89 bits per heavy atom. The molecular formula is C29H28N2O6. The van der Waals surface area contributed by atoms with Crippen molar-refractivity contribution in [3.8, 4) is 11.5 Å². The number of amides is 2. The van der Waals surface area contributed by atoms with E-state index in [1.54, 1.807) is 6.92 Å². The summed E-state index contributed by atoms with van der Waals surface area (Å²) in [7, 11) is 0. The molecule has 2 N–H and O–H groups in total. The average molecular weight is 501 g/mol. The van der Waals surface area contributed by atoms with Crippen LogP contribution in [0.3, 0.4) is 0 Å². The second-order valence-corrected chi connectivity index (χ2v) is 8.67. The molecule has 3 aliphatic heterocycles. The lowest BCUT2D eigenvalue weighted by Gasteiger charge is -2.39. The summed E-state index contributed by atoms with van der Waals surface area (Å²) in [6, 6.07) is 25.7. The topological polar surface area (TPSA) is 105 Å². The molecule has 0 spiro atoms. The van der Waals surface area contributed by atoms with Crippen molar-refractivity contribution < 1.29 is 29.0 Å². The average Bonchev–Trinajstić information content (AvgIpc) is 2.91. The third-order valence-corrected chi connectivity index (χ3v) is 5.88. The molecule has 2 amide bonds. The molecule has 37 heavy (non-hydrogen) atoms. The first-order chi connectivity index (χ1) is 17.9. The Labute approximate surface area is 215 Å². The molecular weight excluding hydrogens is 472 g/mol. The van der Waals surface area contributed by atoms with E-state index >= 15 is 0 Å². The number of likely N-dealkylation sites (tertiary alicyclic amines) is 1. The number of aliphatic hydroxyl groups excluding tert-OH is 1. The zero-order valence-corrected chi connectivity index (χ0v) is 20.6. The van der Waals surface area contributed by atoms with Crippen LogP contribution < -0.4 is 10.1 Å². The third kappa shape index (κ3) is 6.05. The SMILES string of the molecule is CC(=O)NC1CN(C(C(=O)OC(c2ccccc2)c2ccccc2)=C(C)CO)C1=O.c1cc2cc(c1)O2. The monoisotopic (exact) mass is 500 g/mol. The molecule has 1 atom stereocenters. The number of hydrogen-bond donors (Lipinski definition) is 2. The van der Waals surface area contributed by atoms with Gasteiger partial charge in [0.05, 0.1) is 13.2 Å². The number of β-lactam (4-membered cyclic amide) rings is 1. The molecule has 1 saturated heterocycles. The first kappa shape index (κ1) is 25.7. The number of carbonyl (C=O) groups is 3. The van der Waals surface area contributed by atoms with Gasteiger partial charge in [-0.3, -0.25) is 9.59 Å². The number of hydrogen-bond acceptors (Lipinski definition) is 6. The Balaban J connectivity index is 0.000000387. The number of rotatable bonds is 7. The molecule has 1 unspecified atom stereocenters. The van der Waals surface area contributed by atoms with Crippen LogP contribution >= 0.6 is 0 Å². The molecule has 190 valence electrons. The van der Waals surface area contributed by atoms with Gasteiger partial charge in [-0.1, -0.05) is 66.7 Å². The number of esters is 1. The first-order valence-electron chi connectivity index (χ1n) is 11.8. The van der Waals surface area contributed by atoms with E-state index in [0.717, 1.165) is 22.6 Å². The maximum absolute atomic E-state index is 13.1. The highest BCUT2D eigenvalue weighted by Gasteiger charge is 2.43. The number of fused-ring (bicyclic) bond motifs is 2. The minimum absolute atomic E-state index is 0.000893. The number of aliphatic hydroxyl groups is 1. The maximum atomic E-state index is 13.1. The van der Waals surface area contributed by atoms with E-state index in [1.807, 2.05) is 84.9 Å². The van der Waals surface area contributed by atoms with Crippen molar-refractivity contribution in [3.05, 3.63) is 107 Å². The Bertz CT molecular complexity index is 1240. The summed E-state index contributed by atoms with van der Waals surface area (Å²) < 4.78 is 10.9. The minimum atomic E-state index is -0.714. The van der Waals surface area contributed by atoms with Crippen LogP contribution in [-0.2, 0) is 19.1 Å². The van der Waals surface area contributed by atoms with Crippen LogP contribution in [0.2, 0.25) is 0 Å². The van der Waals surface area contributed by atoms with Gasteiger partial charge >= 0.3 is 5.97 Å². The fourth-order valence-corrected chi connectivity index (χ4v) is 4.00. The first-order valence-corrected chi connectivity index (χ1v) is 11.8. The summed E-state index contributed by atoms with van der Waals surface area (Å²) in [4.78, 5) is 38.1. The van der Waals surface area contributed by atoms with Gasteiger partial charge in [0.2, 0.25) is 5.91 Å². The van der Waals surface area contributed by atoms with Gasteiger partial charge in [0.25, 0.3) is 5.91 Å². The predicted octanol–water partition coefficient (Wildman–Crippen LogP) is 3.72. The molecule has 0 radical (unpaired) electrons. The van der Waals surface area contributed by atoms with E-state index in [-0.39, 0.29) is 18.1 Å². The van der Waals surface area contributed by atoms with Gasteiger partial charge in [0, 0.05) is 13.0 Å². The third-order valence-electron chi connectivity index (χ3n) is 5.88. The second-order valence-electron chi connectivity index (χ2n) is 8.67. The molecule has 3 aliphatic rings. The molecule has 2 bridgehead atoms. The van der Waals surface area contributed by atoms with E-state index < -0.39 is 30.6 Å². The summed E-state index contributed by atoms with van der Waals surface area (Å²) in [6.07, 6.45) is -0.677. The number of nitrogens with zero attached hydrogens (tertiary/aromatic N) is 1. The van der Waals surface area contributed by atoms with Crippen molar-refractivity contribution in [2.45, 2.75) is 26.0 Å². The fourth-order valence-electron chi connectivity index (χ4n) is 4.00. The van der Waals surface area contributed by atoms with E-state index in [2.05, 4.69) is 5.32 Å². The fraction of sp³-hybridized carbons (Fsp3) is 0.207. The van der Waals surface area contributed by atoms with E-state index in [0.29, 0.717) is 5.57 Å². The van der Waals surface area contributed by atoms with Gasteiger partial charge in [-0.05, 0) is 35.8 Å². The largest absolute Gasteiger partial charge is 0.457 e. The summed E-state index contributed by atoms with van der Waals surface area (Å²) >= 11 is 0. The van der Waals surface area contributed by atoms with Crippen molar-refractivity contribution in [1.82, 2.24) is 10.2 Å². The Morgan fingerprint density at radius 2 is 1.51 bits per heavy atom. The van der Waals surface area contributed by atoms with Crippen LogP contribution in [-0.4, -0.2) is 47.0 Å². The van der Waals surface area contributed by atoms with Crippen LogP contribution in [0.15, 0.2) is 96.2 Å². The summed E-state index contributed by atoms with van der Waals surface area (Å²) in [5.41, 5.74) is 1.88. The highest BCUT2D eigenvalue weighted by atomic mass is 16.5. The molecule has 0 aromatic heterocycles. The zero-order valence-electron chi connectivity index (χ0n) is 20.6. The van der Waals surface area contributed by atoms with E-state index in [9.17, 15) is 19.5 Å². The molecule has 3 aromatic carbocycles. The van der Waals surface area contributed by atoms with Crippen LogP contribution in [0.5, 0.6) is 11.5 Å². The molecule has 0 aliphatic carbocycles. The van der Waals surface area contributed by atoms with Gasteiger partial charge in [0.1, 0.15) is 23.2 Å². The molecule has 8 heteroatoms. The number of carbonyl (C=O) groups excluding carboxylic acids is 3.